The third-order valence-corrected chi connectivity index (χ3v) is 8.42. The van der Waals surface area contributed by atoms with Crippen LogP contribution >= 0.6 is 11.6 Å². The zero-order valence-corrected chi connectivity index (χ0v) is 21.1. The van der Waals surface area contributed by atoms with Crippen molar-refractivity contribution < 1.29 is 14.6 Å². The van der Waals surface area contributed by atoms with Gasteiger partial charge >= 0.3 is 0 Å². The Balaban J connectivity index is 1.07. The lowest BCUT2D eigenvalue weighted by molar-refractivity contribution is -0.00308. The average Bonchev–Trinajstić information content (AvgIpc) is 2.89. The number of amides is 1. The molecule has 3 fully saturated rings. The number of hydrogen-bond donors (Lipinski definition) is 2. The first-order valence-electron chi connectivity index (χ1n) is 12.8. The molecule has 2 aliphatic carbocycles. The molecule has 0 radical (unpaired) electrons. The van der Waals surface area contributed by atoms with Gasteiger partial charge in [-0.2, -0.15) is 5.26 Å². The summed E-state index contributed by atoms with van der Waals surface area (Å²) in [5.41, 5.74) is 1.18. The van der Waals surface area contributed by atoms with Crippen molar-refractivity contribution in [3.8, 4) is 11.8 Å². The number of benzene rings is 1. The molecule has 190 valence electrons. The smallest absolute Gasteiger partial charge is 0.272 e. The second-order valence-electron chi connectivity index (χ2n) is 10.5. The fraction of sp³-hybridized carbons (Fsp3) is 0.556. The van der Waals surface area contributed by atoms with E-state index in [2.05, 4.69) is 20.4 Å². The molecule has 5 rings (SSSR count). The molecule has 3 aliphatic rings. The minimum atomic E-state index is -0.195. The van der Waals surface area contributed by atoms with Gasteiger partial charge in [-0.3, -0.25) is 4.79 Å². The number of nitriles is 1. The van der Waals surface area contributed by atoms with Crippen LogP contribution in [0.25, 0.3) is 0 Å². The second-order valence-corrected chi connectivity index (χ2v) is 10.9. The van der Waals surface area contributed by atoms with Crippen molar-refractivity contribution in [2.75, 3.05) is 24.6 Å². The number of anilines is 1. The summed E-state index contributed by atoms with van der Waals surface area (Å²) >= 11 is 6.10. The van der Waals surface area contributed by atoms with Crippen LogP contribution in [-0.4, -0.2) is 53.1 Å². The number of nitrogens with zero attached hydrogens (tertiary/aromatic N) is 4. The lowest BCUT2D eigenvalue weighted by atomic mass is 9.58. The average molecular weight is 510 g/mol. The molecule has 2 heterocycles. The van der Waals surface area contributed by atoms with Gasteiger partial charge in [0.25, 0.3) is 5.91 Å². The van der Waals surface area contributed by atoms with Gasteiger partial charge in [0.1, 0.15) is 11.8 Å². The van der Waals surface area contributed by atoms with Crippen molar-refractivity contribution in [3.63, 3.8) is 0 Å². The Kier molecular flexibility index (Phi) is 7.31. The van der Waals surface area contributed by atoms with Gasteiger partial charge in [0.15, 0.2) is 11.5 Å². The number of nitrogens with one attached hydrogen (secondary N) is 1. The first kappa shape index (κ1) is 24.8. The Labute approximate surface area is 216 Å². The van der Waals surface area contributed by atoms with Crippen LogP contribution in [0.15, 0.2) is 30.3 Å². The summed E-state index contributed by atoms with van der Waals surface area (Å²) in [6, 6.07) is 10.9. The van der Waals surface area contributed by atoms with E-state index in [0.29, 0.717) is 40.0 Å². The van der Waals surface area contributed by atoms with Gasteiger partial charge in [-0.15, -0.1) is 10.2 Å². The van der Waals surface area contributed by atoms with E-state index in [4.69, 9.17) is 21.6 Å². The molecule has 0 unspecified atom stereocenters. The highest BCUT2D eigenvalue weighted by Gasteiger charge is 2.45. The van der Waals surface area contributed by atoms with Crippen molar-refractivity contribution in [1.29, 1.82) is 5.26 Å². The van der Waals surface area contributed by atoms with E-state index in [9.17, 15) is 9.90 Å². The molecule has 2 saturated carbocycles. The number of halogens is 1. The van der Waals surface area contributed by atoms with Crippen LogP contribution in [0.4, 0.5) is 5.82 Å². The molecule has 1 saturated heterocycles. The molecule has 1 aliphatic heterocycles. The van der Waals surface area contributed by atoms with Crippen molar-refractivity contribution in [1.82, 2.24) is 15.5 Å². The minimum absolute atomic E-state index is 0.0550. The monoisotopic (exact) mass is 509 g/mol. The van der Waals surface area contributed by atoms with Crippen molar-refractivity contribution in [2.45, 2.75) is 63.5 Å². The van der Waals surface area contributed by atoms with Crippen LogP contribution in [0.2, 0.25) is 5.02 Å². The zero-order chi connectivity index (χ0) is 25.1. The molecule has 8 nitrogen and oxygen atoms in total. The van der Waals surface area contributed by atoms with Gasteiger partial charge in [0.2, 0.25) is 0 Å². The molecule has 2 aromatic rings. The van der Waals surface area contributed by atoms with Gasteiger partial charge in [0.05, 0.1) is 16.7 Å². The van der Waals surface area contributed by atoms with Crippen LogP contribution < -0.4 is 15.0 Å². The number of rotatable bonds is 6. The molecule has 36 heavy (non-hydrogen) atoms. The van der Waals surface area contributed by atoms with E-state index in [1.807, 2.05) is 12.1 Å². The standard InChI is InChI=1S/C27H32ClN5O3/c28-23-13-22(4-1-19(23)16-29)36-21-5-2-20(3-6-21)30-26(35)24-7-8-25(32-31-24)33-11-9-27(10-12-33)14-18(15-27)17-34/h1,4,7-8,13,18,20-21,34H,2-3,5-6,9-12,14-15,17H2,(H,30,35). The number of piperidine rings is 1. The summed E-state index contributed by atoms with van der Waals surface area (Å²) in [5.74, 6) is 1.77. The SMILES string of the molecule is N#Cc1ccc(OC2CCC(NC(=O)c3ccc(N4CCC5(CC4)CC(CO)C5)nn3)CC2)cc1Cl. The molecule has 1 amide bonds. The maximum absolute atomic E-state index is 12.7. The van der Waals surface area contributed by atoms with E-state index in [1.54, 1.807) is 24.3 Å². The zero-order valence-electron chi connectivity index (χ0n) is 20.3. The third kappa shape index (κ3) is 5.42. The Bertz CT molecular complexity index is 1110. The quantitative estimate of drug-likeness (QED) is 0.602. The maximum atomic E-state index is 12.7. The molecular weight excluding hydrogens is 478 g/mol. The summed E-state index contributed by atoms with van der Waals surface area (Å²) in [6.07, 6.45) is 7.86. The highest BCUT2D eigenvalue weighted by atomic mass is 35.5. The van der Waals surface area contributed by atoms with Crippen LogP contribution in [0.3, 0.4) is 0 Å². The molecule has 0 atom stereocenters. The van der Waals surface area contributed by atoms with Crippen molar-refractivity contribution in [3.05, 3.63) is 46.6 Å². The van der Waals surface area contributed by atoms with Crippen LogP contribution in [-0.2, 0) is 0 Å². The van der Waals surface area contributed by atoms with E-state index in [1.165, 1.54) is 0 Å². The summed E-state index contributed by atoms with van der Waals surface area (Å²) in [7, 11) is 0. The first-order chi connectivity index (χ1) is 17.5. The first-order valence-corrected chi connectivity index (χ1v) is 13.2. The molecular formula is C27H32ClN5O3. The van der Waals surface area contributed by atoms with E-state index in [0.717, 1.165) is 70.3 Å². The summed E-state index contributed by atoms with van der Waals surface area (Å²) < 4.78 is 6.03. The normalized spacial score (nSPS) is 23.5. The number of hydrogen-bond acceptors (Lipinski definition) is 7. The number of aromatic nitrogens is 2. The van der Waals surface area contributed by atoms with E-state index >= 15 is 0 Å². The lowest BCUT2D eigenvalue weighted by Crippen LogP contribution is -2.48. The maximum Gasteiger partial charge on any atom is 0.272 e. The Morgan fingerprint density at radius 3 is 2.53 bits per heavy atom. The minimum Gasteiger partial charge on any atom is -0.490 e. The van der Waals surface area contributed by atoms with Crippen LogP contribution in [0, 0.1) is 22.7 Å². The fourth-order valence-corrected chi connectivity index (χ4v) is 6.18. The number of carbonyl (C=O) groups is 1. The van der Waals surface area contributed by atoms with Gasteiger partial charge in [-0.05, 0) is 87.0 Å². The number of aliphatic hydroxyl groups excluding tert-OH is 1. The predicted molar refractivity (Wildman–Crippen MR) is 136 cm³/mol. The van der Waals surface area contributed by atoms with Crippen LogP contribution in [0.1, 0.15) is 67.4 Å². The number of ether oxygens (including phenoxy) is 1. The predicted octanol–water partition coefficient (Wildman–Crippen LogP) is 4.11. The van der Waals surface area contributed by atoms with Gasteiger partial charge in [-0.25, -0.2) is 0 Å². The highest BCUT2D eigenvalue weighted by molar-refractivity contribution is 6.31. The van der Waals surface area contributed by atoms with Gasteiger partial charge in [0, 0.05) is 31.8 Å². The van der Waals surface area contributed by atoms with Crippen molar-refractivity contribution >= 4 is 23.3 Å². The van der Waals surface area contributed by atoms with E-state index in [-0.39, 0.29) is 18.1 Å². The van der Waals surface area contributed by atoms with Crippen LogP contribution in [0.5, 0.6) is 5.75 Å². The second kappa shape index (κ2) is 10.6. The number of carbonyl (C=O) groups excluding carboxylic acids is 1. The van der Waals surface area contributed by atoms with Crippen molar-refractivity contribution in [2.24, 2.45) is 11.3 Å². The topological polar surface area (TPSA) is 111 Å². The fourth-order valence-electron chi connectivity index (χ4n) is 5.96. The Morgan fingerprint density at radius 2 is 1.92 bits per heavy atom. The highest BCUT2D eigenvalue weighted by Crippen LogP contribution is 2.52. The Hall–Kier alpha value is -2.89. The summed E-state index contributed by atoms with van der Waals surface area (Å²) in [4.78, 5) is 15.0. The molecule has 2 N–H and O–H groups in total. The molecule has 1 aromatic heterocycles. The molecule has 0 bridgehead atoms. The van der Waals surface area contributed by atoms with Gasteiger partial charge < -0.3 is 20.1 Å². The van der Waals surface area contributed by atoms with E-state index < -0.39 is 0 Å². The summed E-state index contributed by atoms with van der Waals surface area (Å²) in [6.45, 7) is 2.19. The lowest BCUT2D eigenvalue weighted by Gasteiger charge is -2.52. The number of aliphatic hydroxyl groups is 1. The van der Waals surface area contributed by atoms with Gasteiger partial charge in [-0.1, -0.05) is 11.6 Å². The molecule has 9 heteroatoms. The molecule has 1 aromatic carbocycles. The Morgan fingerprint density at radius 1 is 1.17 bits per heavy atom. The third-order valence-electron chi connectivity index (χ3n) is 8.11. The largest absolute Gasteiger partial charge is 0.490 e. The molecule has 1 spiro atoms. The summed E-state index contributed by atoms with van der Waals surface area (Å²) in [5, 5.41) is 30.4.